The highest BCUT2D eigenvalue weighted by Crippen LogP contribution is 2.32. The van der Waals surface area contributed by atoms with E-state index in [0.717, 1.165) is 30.1 Å². The topological polar surface area (TPSA) is 52.7 Å². The maximum absolute atomic E-state index is 13.6. The minimum absolute atomic E-state index is 0.134. The molecule has 1 aliphatic carbocycles. The van der Waals surface area contributed by atoms with Crippen molar-refractivity contribution in [1.82, 2.24) is 19.3 Å². The molecule has 152 valence electrons. The Morgan fingerprint density at radius 1 is 1.10 bits per heavy atom. The van der Waals surface area contributed by atoms with Crippen molar-refractivity contribution in [2.75, 3.05) is 0 Å². The summed E-state index contributed by atoms with van der Waals surface area (Å²) in [5.41, 5.74) is 1.92. The minimum Gasteiger partial charge on any atom is -0.270 e. The Kier molecular flexibility index (Phi) is 5.12. The largest absolute Gasteiger partial charge is 0.270 e. The summed E-state index contributed by atoms with van der Waals surface area (Å²) >= 11 is 1.41. The third-order valence-electron chi connectivity index (χ3n) is 5.30. The van der Waals surface area contributed by atoms with Gasteiger partial charge in [-0.15, -0.1) is 0 Å². The Hall–Kier alpha value is -2.93. The minimum atomic E-state index is -0.272. The van der Waals surface area contributed by atoms with Gasteiger partial charge in [0.2, 0.25) is 0 Å². The number of thioether (sulfide) groups is 1. The first-order valence-corrected chi connectivity index (χ1v) is 11.1. The summed E-state index contributed by atoms with van der Waals surface area (Å²) in [6.07, 6.45) is 5.48. The van der Waals surface area contributed by atoms with E-state index in [9.17, 15) is 9.18 Å². The lowest BCUT2D eigenvalue weighted by molar-refractivity contribution is 0.549. The van der Waals surface area contributed by atoms with Crippen molar-refractivity contribution in [3.8, 4) is 5.69 Å². The van der Waals surface area contributed by atoms with Crippen molar-refractivity contribution in [2.45, 2.75) is 36.7 Å². The number of aryl methyl sites for hydroxylation is 1. The summed E-state index contributed by atoms with van der Waals surface area (Å²) in [6, 6.07) is 16.0. The smallest absolute Gasteiger partial charge is 0.269 e. The fourth-order valence-corrected chi connectivity index (χ4v) is 4.45. The Balaban J connectivity index is 1.54. The van der Waals surface area contributed by atoms with Crippen molar-refractivity contribution in [3.05, 3.63) is 82.5 Å². The van der Waals surface area contributed by atoms with Crippen molar-refractivity contribution in [1.29, 1.82) is 0 Å². The zero-order valence-corrected chi connectivity index (χ0v) is 17.2. The van der Waals surface area contributed by atoms with Crippen molar-refractivity contribution >= 4 is 22.8 Å². The van der Waals surface area contributed by atoms with Crippen LogP contribution in [0.1, 0.15) is 24.8 Å². The molecule has 2 aromatic heterocycles. The second-order valence-corrected chi connectivity index (χ2v) is 8.59. The van der Waals surface area contributed by atoms with Crippen LogP contribution >= 0.6 is 11.8 Å². The molecule has 0 saturated heterocycles. The third-order valence-corrected chi connectivity index (χ3v) is 6.31. The number of rotatable bonds is 7. The lowest BCUT2D eigenvalue weighted by Gasteiger charge is -2.11. The molecule has 5 nitrogen and oxygen atoms in total. The molecule has 5 rings (SSSR count). The summed E-state index contributed by atoms with van der Waals surface area (Å²) in [6.45, 7) is 0.803. The molecule has 0 bridgehead atoms. The second-order valence-electron chi connectivity index (χ2n) is 7.65. The summed E-state index contributed by atoms with van der Waals surface area (Å²) in [4.78, 5) is 18.1. The molecule has 1 saturated carbocycles. The van der Waals surface area contributed by atoms with Gasteiger partial charge >= 0.3 is 0 Å². The van der Waals surface area contributed by atoms with Gasteiger partial charge in [-0.05, 0) is 42.2 Å². The van der Waals surface area contributed by atoms with Gasteiger partial charge in [-0.1, -0.05) is 54.9 Å². The molecule has 0 aliphatic heterocycles. The Morgan fingerprint density at radius 3 is 2.70 bits per heavy atom. The fourth-order valence-electron chi connectivity index (χ4n) is 3.50. The number of benzene rings is 2. The van der Waals surface area contributed by atoms with Gasteiger partial charge in [0.1, 0.15) is 11.2 Å². The molecule has 7 heteroatoms. The number of fused-ring (bicyclic) bond motifs is 1. The van der Waals surface area contributed by atoms with Crippen LogP contribution in [0.2, 0.25) is 0 Å². The zero-order valence-electron chi connectivity index (χ0n) is 16.4. The maximum Gasteiger partial charge on any atom is 0.269 e. The lowest BCUT2D eigenvalue weighted by Crippen LogP contribution is -2.21. The van der Waals surface area contributed by atoms with Crippen LogP contribution in [0.25, 0.3) is 16.7 Å². The van der Waals surface area contributed by atoms with Gasteiger partial charge < -0.3 is 0 Å². The van der Waals surface area contributed by atoms with E-state index >= 15 is 0 Å². The van der Waals surface area contributed by atoms with Crippen LogP contribution in [-0.4, -0.2) is 19.3 Å². The molecule has 0 amide bonds. The van der Waals surface area contributed by atoms with Crippen LogP contribution in [0.3, 0.4) is 0 Å². The predicted molar refractivity (Wildman–Crippen MR) is 116 cm³/mol. The summed E-state index contributed by atoms with van der Waals surface area (Å²) in [7, 11) is 0. The van der Waals surface area contributed by atoms with E-state index in [1.54, 1.807) is 10.6 Å². The molecule has 0 N–H and O–H groups in total. The molecule has 4 aromatic rings. The first-order valence-electron chi connectivity index (χ1n) is 10.1. The molecule has 1 aliphatic rings. The number of aromatic nitrogens is 4. The van der Waals surface area contributed by atoms with E-state index in [0.29, 0.717) is 21.9 Å². The van der Waals surface area contributed by atoms with Crippen LogP contribution in [0.5, 0.6) is 0 Å². The number of para-hydroxylation sites is 1. The average Bonchev–Trinajstić information content (AvgIpc) is 3.49. The standard InChI is InChI=1S/C23H21FN4OS/c24-18-6-4-5-17(13-18)15-30-23-25-21-20(14-27(26-21)12-11-16-9-10-16)22(29)28(23)19-7-2-1-3-8-19/h1-8,13-14,16H,9-12,15H2. The van der Waals surface area contributed by atoms with Gasteiger partial charge in [0, 0.05) is 18.5 Å². The number of hydrogen-bond acceptors (Lipinski definition) is 4. The highest BCUT2D eigenvalue weighted by Gasteiger charge is 2.21. The van der Waals surface area contributed by atoms with E-state index in [1.807, 2.05) is 47.3 Å². The first kappa shape index (κ1) is 19.1. The van der Waals surface area contributed by atoms with Gasteiger partial charge in [0.05, 0.1) is 5.69 Å². The van der Waals surface area contributed by atoms with Crippen LogP contribution in [-0.2, 0) is 12.3 Å². The van der Waals surface area contributed by atoms with Gasteiger partial charge in [0.15, 0.2) is 10.8 Å². The van der Waals surface area contributed by atoms with E-state index in [1.165, 1.54) is 36.7 Å². The molecular weight excluding hydrogens is 399 g/mol. The molecule has 2 aromatic carbocycles. The normalized spacial score (nSPS) is 13.8. The average molecular weight is 421 g/mol. The molecule has 2 heterocycles. The van der Waals surface area contributed by atoms with Gasteiger partial charge in [-0.25, -0.2) is 9.37 Å². The van der Waals surface area contributed by atoms with Crippen molar-refractivity contribution in [2.24, 2.45) is 5.92 Å². The predicted octanol–water partition coefficient (Wildman–Crippen LogP) is 4.81. The number of nitrogens with zero attached hydrogens (tertiary/aromatic N) is 4. The Bertz CT molecular complexity index is 1250. The lowest BCUT2D eigenvalue weighted by atomic mass is 10.2. The molecule has 0 atom stereocenters. The molecule has 0 unspecified atom stereocenters. The second kappa shape index (κ2) is 8.07. The third kappa shape index (κ3) is 4.03. The SMILES string of the molecule is O=c1c2cn(CCC3CC3)nc2nc(SCc2cccc(F)c2)n1-c1ccccc1. The Labute approximate surface area is 177 Å². The number of halogens is 1. The first-order chi connectivity index (χ1) is 14.7. The van der Waals surface area contributed by atoms with Gasteiger partial charge in [-0.3, -0.25) is 14.0 Å². The number of hydrogen-bond donors (Lipinski definition) is 0. The quantitative estimate of drug-likeness (QED) is 0.318. The molecular formula is C23H21FN4OS. The monoisotopic (exact) mass is 420 g/mol. The summed E-state index contributed by atoms with van der Waals surface area (Å²) < 4.78 is 17.0. The maximum atomic E-state index is 13.6. The highest BCUT2D eigenvalue weighted by atomic mass is 32.2. The van der Waals surface area contributed by atoms with E-state index in [2.05, 4.69) is 5.10 Å². The van der Waals surface area contributed by atoms with Crippen LogP contribution in [0, 0.1) is 11.7 Å². The molecule has 1 fully saturated rings. The van der Waals surface area contributed by atoms with E-state index in [-0.39, 0.29) is 11.4 Å². The van der Waals surface area contributed by atoms with Crippen molar-refractivity contribution in [3.63, 3.8) is 0 Å². The van der Waals surface area contributed by atoms with Crippen LogP contribution in [0.4, 0.5) is 4.39 Å². The van der Waals surface area contributed by atoms with Crippen LogP contribution in [0.15, 0.2) is 70.7 Å². The zero-order chi connectivity index (χ0) is 20.5. The molecule has 0 radical (unpaired) electrons. The highest BCUT2D eigenvalue weighted by molar-refractivity contribution is 7.98. The Morgan fingerprint density at radius 2 is 1.93 bits per heavy atom. The summed E-state index contributed by atoms with van der Waals surface area (Å²) in [5.74, 6) is 1.03. The van der Waals surface area contributed by atoms with E-state index in [4.69, 9.17) is 4.98 Å². The molecule has 0 spiro atoms. The van der Waals surface area contributed by atoms with Gasteiger partial charge in [-0.2, -0.15) is 5.10 Å². The van der Waals surface area contributed by atoms with Crippen molar-refractivity contribution < 1.29 is 4.39 Å². The van der Waals surface area contributed by atoms with Gasteiger partial charge in [0.25, 0.3) is 5.56 Å². The summed E-state index contributed by atoms with van der Waals surface area (Å²) in [5, 5.41) is 5.63. The van der Waals surface area contributed by atoms with E-state index < -0.39 is 0 Å². The fraction of sp³-hybridized carbons (Fsp3) is 0.261. The van der Waals surface area contributed by atoms with Crippen LogP contribution < -0.4 is 5.56 Å². The molecule has 30 heavy (non-hydrogen) atoms.